The van der Waals surface area contributed by atoms with Gasteiger partial charge in [0.05, 0.1) is 26.2 Å². The van der Waals surface area contributed by atoms with E-state index in [-0.39, 0.29) is 17.0 Å². The minimum atomic E-state index is -1.26. The Hall–Kier alpha value is -2.67. The fourth-order valence-corrected chi connectivity index (χ4v) is 4.34. The molecule has 1 heterocycles. The SMILES string of the molecule is COc1ccc(C(=O)N2[C@H](C(=O)[O-])CS[C@H]2c2ccccc2)cc1OC. The number of benzene rings is 2. The van der Waals surface area contributed by atoms with Gasteiger partial charge in [-0.1, -0.05) is 30.3 Å². The lowest BCUT2D eigenvalue weighted by Crippen LogP contribution is -2.49. The summed E-state index contributed by atoms with van der Waals surface area (Å²) in [6, 6.07) is 13.1. The van der Waals surface area contributed by atoms with Gasteiger partial charge in [-0.05, 0) is 23.8 Å². The number of carbonyl (C=O) groups excluding carboxylic acids is 2. The van der Waals surface area contributed by atoms with E-state index in [0.29, 0.717) is 17.1 Å². The molecule has 0 bridgehead atoms. The Kier molecular flexibility index (Phi) is 5.37. The zero-order chi connectivity index (χ0) is 18.7. The molecule has 1 amide bonds. The molecule has 0 unspecified atom stereocenters. The van der Waals surface area contributed by atoms with Crippen molar-refractivity contribution in [3.8, 4) is 11.5 Å². The van der Waals surface area contributed by atoms with Crippen molar-refractivity contribution in [2.45, 2.75) is 11.4 Å². The molecule has 0 aromatic heterocycles. The van der Waals surface area contributed by atoms with Gasteiger partial charge in [0, 0.05) is 11.3 Å². The molecule has 7 heteroatoms. The second-order valence-corrected chi connectivity index (χ2v) is 6.83. The predicted molar refractivity (Wildman–Crippen MR) is 96.2 cm³/mol. The van der Waals surface area contributed by atoms with Crippen LogP contribution >= 0.6 is 11.8 Å². The Morgan fingerprint density at radius 1 is 1.08 bits per heavy atom. The lowest BCUT2D eigenvalue weighted by Gasteiger charge is -2.30. The number of aliphatic carboxylic acids is 1. The molecule has 1 saturated heterocycles. The molecule has 0 aliphatic carbocycles. The van der Waals surface area contributed by atoms with Gasteiger partial charge < -0.3 is 24.3 Å². The summed E-state index contributed by atoms with van der Waals surface area (Å²) in [6.45, 7) is 0. The number of ether oxygens (including phenoxy) is 2. The first-order valence-corrected chi connectivity index (χ1v) is 9.03. The first-order chi connectivity index (χ1) is 12.6. The average Bonchev–Trinajstić information content (AvgIpc) is 3.13. The molecule has 0 radical (unpaired) electrons. The monoisotopic (exact) mass is 372 g/mol. The Labute approximate surface area is 155 Å². The normalized spacial score (nSPS) is 19.2. The Morgan fingerprint density at radius 2 is 1.77 bits per heavy atom. The van der Waals surface area contributed by atoms with Crippen LogP contribution in [0.2, 0.25) is 0 Å². The van der Waals surface area contributed by atoms with Gasteiger partial charge in [0.1, 0.15) is 5.37 Å². The summed E-state index contributed by atoms with van der Waals surface area (Å²) in [6.07, 6.45) is 0. The molecule has 3 rings (SSSR count). The van der Waals surface area contributed by atoms with E-state index < -0.39 is 12.0 Å². The molecule has 2 aromatic carbocycles. The molecule has 136 valence electrons. The Morgan fingerprint density at radius 3 is 2.38 bits per heavy atom. The summed E-state index contributed by atoms with van der Waals surface area (Å²) in [5, 5.41) is 11.2. The Balaban J connectivity index is 1.99. The number of amides is 1. The van der Waals surface area contributed by atoms with Crippen LogP contribution in [0, 0.1) is 0 Å². The molecular weight excluding hydrogens is 354 g/mol. The van der Waals surface area contributed by atoms with Crippen LogP contribution in [0.25, 0.3) is 0 Å². The van der Waals surface area contributed by atoms with Crippen LogP contribution in [0.3, 0.4) is 0 Å². The molecule has 1 aliphatic rings. The van der Waals surface area contributed by atoms with Crippen LogP contribution in [-0.4, -0.2) is 42.8 Å². The molecule has 2 aromatic rings. The predicted octanol–water partition coefficient (Wildman–Crippen LogP) is 1.71. The van der Waals surface area contributed by atoms with Crippen molar-refractivity contribution in [2.75, 3.05) is 20.0 Å². The molecule has 0 N–H and O–H groups in total. The third-order valence-electron chi connectivity index (χ3n) is 4.22. The maximum Gasteiger partial charge on any atom is 0.255 e. The van der Waals surface area contributed by atoms with Crippen molar-refractivity contribution in [1.29, 1.82) is 0 Å². The number of methoxy groups -OCH3 is 2. The zero-order valence-electron chi connectivity index (χ0n) is 14.4. The number of hydrogen-bond donors (Lipinski definition) is 0. The fourth-order valence-electron chi connectivity index (χ4n) is 2.93. The van der Waals surface area contributed by atoms with E-state index >= 15 is 0 Å². The van der Waals surface area contributed by atoms with Crippen LogP contribution in [0.15, 0.2) is 48.5 Å². The van der Waals surface area contributed by atoms with E-state index in [4.69, 9.17) is 9.47 Å². The maximum absolute atomic E-state index is 13.1. The molecule has 0 spiro atoms. The highest BCUT2D eigenvalue weighted by molar-refractivity contribution is 7.99. The summed E-state index contributed by atoms with van der Waals surface area (Å²) in [5.74, 6) is -0.466. The highest BCUT2D eigenvalue weighted by Crippen LogP contribution is 2.42. The standard InChI is InChI=1S/C19H19NO5S/c1-24-15-9-8-13(10-16(15)25-2)17(21)20-14(19(22)23)11-26-18(20)12-6-4-3-5-7-12/h3-10,14,18H,11H2,1-2H3,(H,22,23)/p-1/t14-,18-/m0/s1. The highest BCUT2D eigenvalue weighted by Gasteiger charge is 2.39. The number of nitrogens with zero attached hydrogens (tertiary/aromatic N) is 1. The van der Waals surface area contributed by atoms with Gasteiger partial charge in [0.25, 0.3) is 5.91 Å². The lowest BCUT2D eigenvalue weighted by atomic mass is 10.1. The second-order valence-electron chi connectivity index (χ2n) is 5.71. The van der Waals surface area contributed by atoms with Gasteiger partial charge in [0.15, 0.2) is 11.5 Å². The van der Waals surface area contributed by atoms with Gasteiger partial charge in [0.2, 0.25) is 0 Å². The second kappa shape index (κ2) is 7.70. The first-order valence-electron chi connectivity index (χ1n) is 7.99. The zero-order valence-corrected chi connectivity index (χ0v) is 15.2. The molecule has 2 atom stereocenters. The molecule has 6 nitrogen and oxygen atoms in total. The third-order valence-corrected chi connectivity index (χ3v) is 5.55. The van der Waals surface area contributed by atoms with Crippen molar-refractivity contribution in [3.05, 3.63) is 59.7 Å². The summed E-state index contributed by atoms with van der Waals surface area (Å²) in [4.78, 5) is 26.1. The number of carboxylic acid groups (broad SMARTS) is 1. The first kappa shape index (κ1) is 18.1. The number of hydrogen-bond acceptors (Lipinski definition) is 6. The molecular formula is C19H18NO5S-. The van der Waals surface area contributed by atoms with Gasteiger partial charge >= 0.3 is 0 Å². The summed E-state index contributed by atoms with van der Waals surface area (Å²) < 4.78 is 10.4. The van der Waals surface area contributed by atoms with Crippen LogP contribution in [0.5, 0.6) is 11.5 Å². The molecule has 0 saturated carbocycles. The van der Waals surface area contributed by atoms with Crippen molar-refractivity contribution in [3.63, 3.8) is 0 Å². The quantitative estimate of drug-likeness (QED) is 0.795. The third kappa shape index (κ3) is 3.35. The largest absolute Gasteiger partial charge is 0.548 e. The number of rotatable bonds is 5. The smallest absolute Gasteiger partial charge is 0.255 e. The summed E-state index contributed by atoms with van der Waals surface area (Å²) in [5.41, 5.74) is 1.20. The fraction of sp³-hybridized carbons (Fsp3) is 0.263. The van der Waals surface area contributed by atoms with Crippen LogP contribution in [-0.2, 0) is 4.79 Å². The Bertz CT molecular complexity index is 811. The van der Waals surface area contributed by atoms with E-state index in [1.54, 1.807) is 18.2 Å². The minimum absolute atomic E-state index is 0.279. The van der Waals surface area contributed by atoms with Crippen molar-refractivity contribution in [2.24, 2.45) is 0 Å². The topological polar surface area (TPSA) is 78.9 Å². The number of carbonyl (C=O) groups is 2. The van der Waals surface area contributed by atoms with Crippen molar-refractivity contribution in [1.82, 2.24) is 4.90 Å². The van der Waals surface area contributed by atoms with E-state index in [0.717, 1.165) is 5.56 Å². The average molecular weight is 372 g/mol. The molecule has 1 aliphatic heterocycles. The van der Waals surface area contributed by atoms with E-state index in [1.807, 2.05) is 30.3 Å². The van der Waals surface area contributed by atoms with Crippen molar-refractivity contribution < 1.29 is 24.2 Å². The number of carboxylic acids is 1. The summed E-state index contributed by atoms with van der Waals surface area (Å²) >= 11 is 1.41. The van der Waals surface area contributed by atoms with Gasteiger partial charge in [-0.25, -0.2) is 0 Å². The van der Waals surface area contributed by atoms with E-state index in [2.05, 4.69) is 0 Å². The maximum atomic E-state index is 13.1. The molecule has 1 fully saturated rings. The van der Waals surface area contributed by atoms with Gasteiger partial charge in [-0.2, -0.15) is 0 Å². The summed E-state index contributed by atoms with van der Waals surface area (Å²) in [7, 11) is 2.99. The highest BCUT2D eigenvalue weighted by atomic mass is 32.2. The molecule has 26 heavy (non-hydrogen) atoms. The van der Waals surface area contributed by atoms with E-state index in [1.165, 1.54) is 30.9 Å². The number of thioether (sulfide) groups is 1. The van der Waals surface area contributed by atoms with Gasteiger partial charge in [-0.15, -0.1) is 11.8 Å². The van der Waals surface area contributed by atoms with Crippen LogP contribution in [0.4, 0.5) is 0 Å². The van der Waals surface area contributed by atoms with Crippen LogP contribution < -0.4 is 14.6 Å². The van der Waals surface area contributed by atoms with Crippen molar-refractivity contribution >= 4 is 23.6 Å². The lowest BCUT2D eigenvalue weighted by molar-refractivity contribution is -0.310. The van der Waals surface area contributed by atoms with Crippen LogP contribution in [0.1, 0.15) is 21.3 Å². The van der Waals surface area contributed by atoms with Gasteiger partial charge in [-0.3, -0.25) is 4.79 Å². The van der Waals surface area contributed by atoms with E-state index in [9.17, 15) is 14.7 Å². The minimum Gasteiger partial charge on any atom is -0.548 e.